The van der Waals surface area contributed by atoms with Crippen LogP contribution in [0.15, 0.2) is 12.1 Å². The van der Waals surface area contributed by atoms with E-state index in [1.165, 1.54) is 17.0 Å². The predicted octanol–water partition coefficient (Wildman–Crippen LogP) is 3.36. The summed E-state index contributed by atoms with van der Waals surface area (Å²) in [6.45, 7) is 4.10. The number of nitrogens with zero attached hydrogens (tertiary/aromatic N) is 1. The number of amides is 1. The van der Waals surface area contributed by atoms with Gasteiger partial charge in [0, 0.05) is 13.1 Å². The molecule has 1 fully saturated rings. The number of rotatable bonds is 4. The Bertz CT molecular complexity index is 605. The molecule has 0 saturated carbocycles. The lowest BCUT2D eigenvalue weighted by Crippen LogP contribution is -2.31. The van der Waals surface area contributed by atoms with Crippen molar-refractivity contribution in [3.63, 3.8) is 0 Å². The van der Waals surface area contributed by atoms with Gasteiger partial charge in [-0.15, -0.1) is 0 Å². The number of carboxylic acid groups (broad SMARTS) is 1. The number of aliphatic carboxylic acids is 1. The Kier molecular flexibility index (Phi) is 5.06. The van der Waals surface area contributed by atoms with Crippen molar-refractivity contribution in [3.05, 3.63) is 34.1 Å². The van der Waals surface area contributed by atoms with Gasteiger partial charge in [0.05, 0.1) is 16.5 Å². The number of carbonyl (C=O) groups excluding carboxylic acids is 1. The summed E-state index contributed by atoms with van der Waals surface area (Å²) in [6, 6.07) is 2.72. The first-order chi connectivity index (χ1) is 10.4. The SMILES string of the molecule is CCC[C@@H]1CN(C(=O)c2c(F)ccc(C)c2Cl)C[C@H]1C(=O)O. The van der Waals surface area contributed by atoms with Gasteiger partial charge in [-0.05, 0) is 30.9 Å². The lowest BCUT2D eigenvalue weighted by Gasteiger charge is -2.18. The van der Waals surface area contributed by atoms with Gasteiger partial charge < -0.3 is 10.0 Å². The predicted molar refractivity (Wildman–Crippen MR) is 81.6 cm³/mol. The minimum atomic E-state index is -0.912. The Labute approximate surface area is 133 Å². The minimum Gasteiger partial charge on any atom is -0.481 e. The number of carbonyl (C=O) groups is 2. The molecule has 1 aliphatic rings. The first kappa shape index (κ1) is 16.7. The number of hydrogen-bond acceptors (Lipinski definition) is 2. The lowest BCUT2D eigenvalue weighted by molar-refractivity contribution is -0.142. The van der Waals surface area contributed by atoms with Crippen LogP contribution in [0.3, 0.4) is 0 Å². The Balaban J connectivity index is 2.28. The van der Waals surface area contributed by atoms with Crippen molar-refractivity contribution in [2.45, 2.75) is 26.7 Å². The first-order valence-corrected chi connectivity index (χ1v) is 7.71. The van der Waals surface area contributed by atoms with Gasteiger partial charge in [0.2, 0.25) is 0 Å². The largest absolute Gasteiger partial charge is 0.481 e. The van der Waals surface area contributed by atoms with Crippen LogP contribution >= 0.6 is 11.6 Å². The van der Waals surface area contributed by atoms with Crippen LogP contribution in [0.1, 0.15) is 35.7 Å². The molecule has 1 aliphatic heterocycles. The number of benzene rings is 1. The Morgan fingerprint density at radius 2 is 2.09 bits per heavy atom. The monoisotopic (exact) mass is 327 g/mol. The van der Waals surface area contributed by atoms with E-state index in [0.29, 0.717) is 12.1 Å². The Hall–Kier alpha value is -1.62. The van der Waals surface area contributed by atoms with Gasteiger partial charge >= 0.3 is 5.97 Å². The number of carboxylic acids is 1. The summed E-state index contributed by atoms with van der Waals surface area (Å²) in [5, 5.41) is 9.39. The van der Waals surface area contributed by atoms with Crippen molar-refractivity contribution in [3.8, 4) is 0 Å². The second-order valence-corrected chi connectivity index (χ2v) is 6.13. The zero-order valence-corrected chi connectivity index (χ0v) is 13.4. The maximum Gasteiger partial charge on any atom is 0.308 e. The standard InChI is InChI=1S/C16H19ClFNO3/c1-3-4-10-7-19(8-11(10)16(21)22)15(20)13-12(18)6-5-9(2)14(13)17/h5-6,10-11H,3-4,7-8H2,1-2H3,(H,21,22)/t10-,11-/m1/s1. The van der Waals surface area contributed by atoms with Crippen LogP contribution in [0.5, 0.6) is 0 Å². The highest BCUT2D eigenvalue weighted by Crippen LogP contribution is 2.31. The third kappa shape index (κ3) is 3.09. The van der Waals surface area contributed by atoms with Crippen LogP contribution in [0.25, 0.3) is 0 Å². The average Bonchev–Trinajstić information content (AvgIpc) is 2.88. The number of likely N-dealkylation sites (tertiary alicyclic amines) is 1. The molecule has 1 saturated heterocycles. The van der Waals surface area contributed by atoms with Crippen molar-refractivity contribution >= 4 is 23.5 Å². The van der Waals surface area contributed by atoms with E-state index < -0.39 is 23.6 Å². The normalized spacial score (nSPS) is 21.2. The molecular formula is C16H19ClFNO3. The quantitative estimate of drug-likeness (QED) is 0.922. The highest BCUT2D eigenvalue weighted by Gasteiger charge is 2.40. The molecule has 1 aromatic rings. The third-order valence-corrected chi connectivity index (χ3v) is 4.69. The molecule has 2 atom stereocenters. The third-order valence-electron chi connectivity index (χ3n) is 4.20. The maximum atomic E-state index is 14.0. The molecule has 0 radical (unpaired) electrons. The number of halogens is 2. The van der Waals surface area contributed by atoms with Crippen LogP contribution in [-0.2, 0) is 4.79 Å². The van der Waals surface area contributed by atoms with Crippen molar-refractivity contribution in [2.24, 2.45) is 11.8 Å². The fraction of sp³-hybridized carbons (Fsp3) is 0.500. The highest BCUT2D eigenvalue weighted by atomic mass is 35.5. The summed E-state index contributed by atoms with van der Waals surface area (Å²) in [4.78, 5) is 25.3. The molecule has 2 rings (SSSR count). The van der Waals surface area contributed by atoms with Gasteiger partial charge in [0.15, 0.2) is 0 Å². The summed E-state index contributed by atoms with van der Waals surface area (Å²) < 4.78 is 14.0. The van der Waals surface area contributed by atoms with Gasteiger partial charge in [-0.25, -0.2) is 4.39 Å². The van der Waals surface area contributed by atoms with E-state index in [-0.39, 0.29) is 23.0 Å². The van der Waals surface area contributed by atoms with Crippen molar-refractivity contribution < 1.29 is 19.1 Å². The van der Waals surface area contributed by atoms with E-state index in [0.717, 1.165) is 12.8 Å². The molecule has 0 unspecified atom stereocenters. The second-order valence-electron chi connectivity index (χ2n) is 5.76. The summed E-state index contributed by atoms with van der Waals surface area (Å²) >= 11 is 6.06. The second kappa shape index (κ2) is 6.65. The maximum absolute atomic E-state index is 14.0. The first-order valence-electron chi connectivity index (χ1n) is 7.33. The van der Waals surface area contributed by atoms with E-state index in [1.807, 2.05) is 6.92 Å². The van der Waals surface area contributed by atoms with Crippen molar-refractivity contribution in [1.29, 1.82) is 0 Å². The molecule has 1 aromatic carbocycles. The summed E-state index contributed by atoms with van der Waals surface area (Å²) in [7, 11) is 0. The molecule has 0 aromatic heterocycles. The van der Waals surface area contributed by atoms with Gasteiger partial charge in [-0.2, -0.15) is 0 Å². The van der Waals surface area contributed by atoms with Gasteiger partial charge in [0.1, 0.15) is 5.82 Å². The molecule has 0 bridgehead atoms. The smallest absolute Gasteiger partial charge is 0.308 e. The molecule has 1 amide bonds. The minimum absolute atomic E-state index is 0.0933. The van der Waals surface area contributed by atoms with E-state index in [4.69, 9.17) is 11.6 Å². The van der Waals surface area contributed by atoms with Crippen LogP contribution < -0.4 is 0 Å². The van der Waals surface area contributed by atoms with Crippen molar-refractivity contribution in [2.75, 3.05) is 13.1 Å². The van der Waals surface area contributed by atoms with Crippen LogP contribution in [0.2, 0.25) is 5.02 Å². The molecule has 6 heteroatoms. The highest BCUT2D eigenvalue weighted by molar-refractivity contribution is 6.34. The fourth-order valence-corrected chi connectivity index (χ4v) is 3.23. The molecule has 1 N–H and O–H groups in total. The van der Waals surface area contributed by atoms with Crippen LogP contribution in [-0.4, -0.2) is 35.0 Å². The summed E-state index contributed by atoms with van der Waals surface area (Å²) in [5.74, 6) is -2.82. The Morgan fingerprint density at radius 1 is 1.41 bits per heavy atom. The zero-order valence-electron chi connectivity index (χ0n) is 12.6. The van der Waals surface area contributed by atoms with Gasteiger partial charge in [-0.3, -0.25) is 9.59 Å². The fourth-order valence-electron chi connectivity index (χ4n) is 2.99. The van der Waals surface area contributed by atoms with E-state index >= 15 is 0 Å². The summed E-state index contributed by atoms with van der Waals surface area (Å²) in [6.07, 6.45) is 1.57. The average molecular weight is 328 g/mol. The molecule has 0 aliphatic carbocycles. The molecule has 4 nitrogen and oxygen atoms in total. The topological polar surface area (TPSA) is 57.6 Å². The number of hydrogen-bond donors (Lipinski definition) is 1. The van der Waals surface area contributed by atoms with E-state index in [9.17, 15) is 19.1 Å². The lowest BCUT2D eigenvalue weighted by atomic mass is 9.92. The molecule has 22 heavy (non-hydrogen) atoms. The zero-order chi connectivity index (χ0) is 16.4. The Morgan fingerprint density at radius 3 is 2.68 bits per heavy atom. The van der Waals surface area contributed by atoms with Gasteiger partial charge in [0.25, 0.3) is 5.91 Å². The summed E-state index contributed by atoms with van der Waals surface area (Å²) in [5.41, 5.74) is 0.452. The molecule has 120 valence electrons. The molecular weight excluding hydrogens is 309 g/mol. The molecule has 1 heterocycles. The number of aryl methyl sites for hydroxylation is 1. The van der Waals surface area contributed by atoms with Crippen molar-refractivity contribution in [1.82, 2.24) is 4.90 Å². The van der Waals surface area contributed by atoms with Crippen LogP contribution in [0, 0.1) is 24.6 Å². The molecule has 0 spiro atoms. The van der Waals surface area contributed by atoms with E-state index in [2.05, 4.69) is 0 Å². The van der Waals surface area contributed by atoms with Crippen LogP contribution in [0.4, 0.5) is 4.39 Å². The van der Waals surface area contributed by atoms with Gasteiger partial charge in [-0.1, -0.05) is 31.0 Å². The van der Waals surface area contributed by atoms with E-state index in [1.54, 1.807) is 6.92 Å².